The number of halogens is 1. The van der Waals surface area contributed by atoms with Crippen molar-refractivity contribution in [3.05, 3.63) is 95.0 Å². The highest BCUT2D eigenvalue weighted by atomic mass is 19.1. The summed E-state index contributed by atoms with van der Waals surface area (Å²) in [4.78, 5) is 25.0. The smallest absolute Gasteiger partial charge is 0.347 e. The molecule has 0 saturated carbocycles. The van der Waals surface area contributed by atoms with Gasteiger partial charge in [0.25, 0.3) is 0 Å². The van der Waals surface area contributed by atoms with Gasteiger partial charge in [0.2, 0.25) is 5.78 Å². The van der Waals surface area contributed by atoms with Gasteiger partial charge < -0.3 is 14.2 Å². The van der Waals surface area contributed by atoms with E-state index in [-0.39, 0.29) is 28.6 Å². The van der Waals surface area contributed by atoms with Gasteiger partial charge in [-0.2, -0.15) is 0 Å². The van der Waals surface area contributed by atoms with Gasteiger partial charge in [-0.3, -0.25) is 4.79 Å². The number of rotatable bonds is 4. The molecule has 0 fully saturated rings. The van der Waals surface area contributed by atoms with Gasteiger partial charge in [0.15, 0.2) is 5.76 Å². The molecule has 0 unspecified atom stereocenters. The first-order chi connectivity index (χ1) is 14.0. The SMILES string of the molecule is COc1ccccc1C(=O)Oc1ccc2c(c1)O/C(=C/c1cccc(F)c1)C2=O. The minimum absolute atomic E-state index is 0.0683. The van der Waals surface area contributed by atoms with Crippen LogP contribution in [0.2, 0.25) is 0 Å². The Labute approximate surface area is 166 Å². The fourth-order valence-corrected chi connectivity index (χ4v) is 2.95. The van der Waals surface area contributed by atoms with E-state index in [4.69, 9.17) is 14.2 Å². The van der Waals surface area contributed by atoms with E-state index in [1.54, 1.807) is 36.4 Å². The molecule has 0 saturated heterocycles. The topological polar surface area (TPSA) is 61.8 Å². The highest BCUT2D eigenvalue weighted by molar-refractivity contribution is 6.14. The number of benzene rings is 3. The average Bonchev–Trinajstić information content (AvgIpc) is 3.02. The molecular weight excluding hydrogens is 375 g/mol. The quantitative estimate of drug-likeness (QED) is 0.368. The average molecular weight is 390 g/mol. The van der Waals surface area contributed by atoms with Crippen LogP contribution in [0.5, 0.6) is 17.2 Å². The van der Waals surface area contributed by atoms with Crippen LogP contribution < -0.4 is 14.2 Å². The molecule has 144 valence electrons. The summed E-state index contributed by atoms with van der Waals surface area (Å²) in [6.45, 7) is 0. The summed E-state index contributed by atoms with van der Waals surface area (Å²) in [5.74, 6) is -0.381. The van der Waals surface area contributed by atoms with E-state index < -0.39 is 11.8 Å². The number of carbonyl (C=O) groups excluding carboxylic acids is 2. The first-order valence-corrected chi connectivity index (χ1v) is 8.74. The Morgan fingerprint density at radius 2 is 1.86 bits per heavy atom. The second kappa shape index (κ2) is 7.59. The molecule has 0 aliphatic carbocycles. The first-order valence-electron chi connectivity index (χ1n) is 8.74. The lowest BCUT2D eigenvalue weighted by molar-refractivity contribution is 0.0731. The molecule has 0 atom stereocenters. The van der Waals surface area contributed by atoms with Crippen molar-refractivity contribution >= 4 is 17.8 Å². The van der Waals surface area contributed by atoms with Crippen LogP contribution in [0.1, 0.15) is 26.3 Å². The van der Waals surface area contributed by atoms with Crippen molar-refractivity contribution in [1.29, 1.82) is 0 Å². The third kappa shape index (κ3) is 3.73. The second-order valence-corrected chi connectivity index (χ2v) is 6.24. The summed E-state index contributed by atoms with van der Waals surface area (Å²) in [7, 11) is 1.47. The van der Waals surface area contributed by atoms with Gasteiger partial charge >= 0.3 is 5.97 Å². The minimum atomic E-state index is -0.595. The lowest BCUT2D eigenvalue weighted by atomic mass is 10.1. The normalized spacial score (nSPS) is 13.7. The Balaban J connectivity index is 1.57. The molecule has 0 spiro atoms. The monoisotopic (exact) mass is 390 g/mol. The minimum Gasteiger partial charge on any atom is -0.496 e. The molecule has 0 amide bonds. The Hall–Kier alpha value is -3.93. The van der Waals surface area contributed by atoms with Gasteiger partial charge in [-0.15, -0.1) is 0 Å². The summed E-state index contributed by atoms with van der Waals surface area (Å²) in [6, 6.07) is 17.0. The predicted octanol–water partition coefficient (Wildman–Crippen LogP) is 4.67. The standard InChI is InChI=1S/C23H15FO5/c1-27-19-8-3-2-7-18(19)23(26)28-16-9-10-17-20(13-16)29-21(22(17)25)12-14-5-4-6-15(24)11-14/h2-13H,1H3/b21-12+. The fourth-order valence-electron chi connectivity index (χ4n) is 2.95. The molecule has 1 heterocycles. The molecule has 5 nitrogen and oxygen atoms in total. The van der Waals surface area contributed by atoms with Crippen LogP contribution in [0.15, 0.2) is 72.5 Å². The number of carbonyl (C=O) groups is 2. The van der Waals surface area contributed by atoms with Crippen LogP contribution in [0.25, 0.3) is 6.08 Å². The second-order valence-electron chi connectivity index (χ2n) is 6.24. The molecular formula is C23H15FO5. The third-order valence-corrected chi connectivity index (χ3v) is 4.33. The maximum absolute atomic E-state index is 13.4. The Kier molecular flexibility index (Phi) is 4.83. The van der Waals surface area contributed by atoms with E-state index in [0.717, 1.165) is 0 Å². The summed E-state index contributed by atoms with van der Waals surface area (Å²) in [5, 5.41) is 0. The number of fused-ring (bicyclic) bond motifs is 1. The lowest BCUT2D eigenvalue weighted by Crippen LogP contribution is -2.10. The number of hydrogen-bond donors (Lipinski definition) is 0. The zero-order valence-electron chi connectivity index (χ0n) is 15.3. The van der Waals surface area contributed by atoms with Crippen LogP contribution in [-0.4, -0.2) is 18.9 Å². The zero-order valence-corrected chi connectivity index (χ0v) is 15.3. The van der Waals surface area contributed by atoms with E-state index >= 15 is 0 Å². The summed E-state index contributed by atoms with van der Waals surface area (Å²) in [5.41, 5.74) is 1.12. The van der Waals surface area contributed by atoms with Crippen molar-refractivity contribution in [3.63, 3.8) is 0 Å². The molecule has 3 aromatic rings. The van der Waals surface area contributed by atoms with Crippen LogP contribution in [0, 0.1) is 5.82 Å². The van der Waals surface area contributed by atoms with Gasteiger partial charge in [0.1, 0.15) is 28.6 Å². The number of ether oxygens (including phenoxy) is 3. The highest BCUT2D eigenvalue weighted by Crippen LogP contribution is 2.35. The van der Waals surface area contributed by atoms with E-state index in [9.17, 15) is 14.0 Å². The number of hydrogen-bond acceptors (Lipinski definition) is 5. The Morgan fingerprint density at radius 1 is 1.03 bits per heavy atom. The maximum atomic E-state index is 13.4. The van der Waals surface area contributed by atoms with E-state index in [1.807, 2.05) is 0 Å². The van der Waals surface area contributed by atoms with Crippen LogP contribution >= 0.6 is 0 Å². The molecule has 29 heavy (non-hydrogen) atoms. The van der Waals surface area contributed by atoms with E-state index in [1.165, 1.54) is 43.5 Å². The number of allylic oxidation sites excluding steroid dienone is 1. The van der Waals surface area contributed by atoms with Crippen molar-refractivity contribution < 1.29 is 28.2 Å². The van der Waals surface area contributed by atoms with Crippen molar-refractivity contribution in [2.24, 2.45) is 0 Å². The largest absolute Gasteiger partial charge is 0.496 e. The lowest BCUT2D eigenvalue weighted by Gasteiger charge is -2.08. The summed E-state index contributed by atoms with van der Waals surface area (Å²) in [6.07, 6.45) is 1.46. The zero-order chi connectivity index (χ0) is 20.4. The molecule has 0 aromatic heterocycles. The number of para-hydroxylation sites is 1. The Morgan fingerprint density at radius 3 is 2.66 bits per heavy atom. The van der Waals surface area contributed by atoms with Gasteiger partial charge in [-0.25, -0.2) is 9.18 Å². The van der Waals surface area contributed by atoms with Crippen LogP contribution in [0.3, 0.4) is 0 Å². The van der Waals surface area contributed by atoms with Crippen molar-refractivity contribution in [3.8, 4) is 17.2 Å². The fraction of sp³-hybridized carbons (Fsp3) is 0.0435. The molecule has 4 rings (SSSR count). The number of esters is 1. The molecule has 0 bridgehead atoms. The molecule has 3 aromatic carbocycles. The molecule has 1 aliphatic heterocycles. The van der Waals surface area contributed by atoms with Crippen LogP contribution in [0.4, 0.5) is 4.39 Å². The van der Waals surface area contributed by atoms with Crippen molar-refractivity contribution in [2.45, 2.75) is 0 Å². The van der Waals surface area contributed by atoms with Gasteiger partial charge in [0.05, 0.1) is 12.7 Å². The maximum Gasteiger partial charge on any atom is 0.347 e. The first kappa shape index (κ1) is 18.4. The van der Waals surface area contributed by atoms with Gasteiger partial charge in [-0.05, 0) is 48.0 Å². The predicted molar refractivity (Wildman–Crippen MR) is 104 cm³/mol. The van der Waals surface area contributed by atoms with Crippen molar-refractivity contribution in [2.75, 3.05) is 7.11 Å². The number of methoxy groups -OCH3 is 1. The highest BCUT2D eigenvalue weighted by Gasteiger charge is 2.28. The van der Waals surface area contributed by atoms with Crippen LogP contribution in [-0.2, 0) is 0 Å². The van der Waals surface area contributed by atoms with Gasteiger partial charge in [-0.1, -0.05) is 24.3 Å². The summed E-state index contributed by atoms with van der Waals surface area (Å²) < 4.78 is 29.5. The summed E-state index contributed by atoms with van der Waals surface area (Å²) >= 11 is 0. The van der Waals surface area contributed by atoms with E-state index in [0.29, 0.717) is 16.9 Å². The molecule has 0 radical (unpaired) electrons. The number of ketones is 1. The van der Waals surface area contributed by atoms with Gasteiger partial charge in [0, 0.05) is 6.07 Å². The molecule has 0 N–H and O–H groups in total. The number of Topliss-reactive ketones (excluding diaryl/α,β-unsaturated/α-hetero) is 1. The van der Waals surface area contributed by atoms with E-state index in [2.05, 4.69) is 0 Å². The molecule has 6 heteroatoms. The van der Waals surface area contributed by atoms with Crippen molar-refractivity contribution in [1.82, 2.24) is 0 Å². The Bertz CT molecular complexity index is 1150. The third-order valence-electron chi connectivity index (χ3n) is 4.33. The molecule has 1 aliphatic rings.